The molecule has 1 atom stereocenters. The van der Waals surface area contributed by atoms with E-state index in [0.717, 1.165) is 0 Å². The number of amides is 2. The maximum absolute atomic E-state index is 12.6. The van der Waals surface area contributed by atoms with Gasteiger partial charge in [-0.1, -0.05) is 12.1 Å². The zero-order chi connectivity index (χ0) is 14.8. The molecule has 2 heterocycles. The van der Waals surface area contributed by atoms with Crippen LogP contribution in [0.5, 0.6) is 0 Å². The van der Waals surface area contributed by atoms with Gasteiger partial charge in [-0.05, 0) is 31.2 Å². The molecule has 1 aliphatic heterocycles. The van der Waals surface area contributed by atoms with Crippen LogP contribution < -0.4 is 10.2 Å². The minimum atomic E-state index is -0.147. The summed E-state index contributed by atoms with van der Waals surface area (Å²) in [4.78, 5) is 26.3. The lowest BCUT2D eigenvalue weighted by molar-refractivity contribution is -0.118. The Morgan fingerprint density at radius 1 is 1.33 bits per heavy atom. The second-order valence-electron chi connectivity index (χ2n) is 5.15. The van der Waals surface area contributed by atoms with Gasteiger partial charge in [0.05, 0.1) is 23.9 Å². The largest absolute Gasteiger partial charge is 0.469 e. The van der Waals surface area contributed by atoms with Crippen molar-refractivity contribution in [3.63, 3.8) is 0 Å². The number of nitrogens with zero attached hydrogens (tertiary/aromatic N) is 1. The molecule has 1 unspecified atom stereocenters. The normalized spacial score (nSPS) is 17.9. The third kappa shape index (κ3) is 2.67. The molecule has 2 amide bonds. The highest BCUT2D eigenvalue weighted by Gasteiger charge is 2.28. The maximum Gasteiger partial charge on any atom is 0.253 e. The van der Waals surface area contributed by atoms with Crippen molar-refractivity contribution in [3.05, 3.63) is 54.0 Å². The Balaban J connectivity index is 1.94. The van der Waals surface area contributed by atoms with E-state index in [4.69, 9.17) is 4.42 Å². The first-order valence-corrected chi connectivity index (χ1v) is 6.88. The molecule has 0 saturated heterocycles. The molecule has 0 radical (unpaired) electrons. The first-order valence-electron chi connectivity index (χ1n) is 6.88. The number of furan rings is 1. The predicted molar refractivity (Wildman–Crippen MR) is 78.1 cm³/mol. The topological polar surface area (TPSA) is 62.6 Å². The van der Waals surface area contributed by atoms with Crippen LogP contribution in [0.1, 0.15) is 23.0 Å². The Kier molecular flexibility index (Phi) is 3.48. The fourth-order valence-corrected chi connectivity index (χ4v) is 2.51. The van der Waals surface area contributed by atoms with Crippen LogP contribution in [-0.4, -0.2) is 24.4 Å². The average molecular weight is 284 g/mol. The van der Waals surface area contributed by atoms with Gasteiger partial charge < -0.3 is 14.6 Å². The minimum Gasteiger partial charge on any atom is -0.469 e. The number of hydrogen-bond donors (Lipinski definition) is 1. The van der Waals surface area contributed by atoms with E-state index in [0.29, 0.717) is 23.6 Å². The summed E-state index contributed by atoms with van der Waals surface area (Å²) >= 11 is 0. The highest BCUT2D eigenvalue weighted by molar-refractivity contribution is 6.06. The van der Waals surface area contributed by atoms with Gasteiger partial charge in [0.25, 0.3) is 5.91 Å². The zero-order valence-electron chi connectivity index (χ0n) is 11.7. The molecule has 0 fully saturated rings. The lowest BCUT2D eigenvalue weighted by Crippen LogP contribution is -2.41. The van der Waals surface area contributed by atoms with E-state index in [1.165, 1.54) is 0 Å². The molecule has 21 heavy (non-hydrogen) atoms. The van der Waals surface area contributed by atoms with Crippen LogP contribution in [0.4, 0.5) is 5.69 Å². The Labute approximate surface area is 122 Å². The summed E-state index contributed by atoms with van der Waals surface area (Å²) in [5.41, 5.74) is 1.17. The molecule has 0 bridgehead atoms. The molecule has 5 nitrogen and oxygen atoms in total. The van der Waals surface area contributed by atoms with Gasteiger partial charge in [0.15, 0.2) is 0 Å². The fraction of sp³-hybridized carbons (Fsp3) is 0.250. The van der Waals surface area contributed by atoms with Crippen LogP contribution in [0, 0.1) is 0 Å². The molecule has 0 saturated carbocycles. The van der Waals surface area contributed by atoms with Crippen LogP contribution >= 0.6 is 0 Å². The smallest absolute Gasteiger partial charge is 0.253 e. The standard InChI is InChI=1S/C16H16N2O3/c1-11-10-18(15(19)9-12-5-4-8-21-12)14-7-3-2-6-13(14)16(20)17-11/h2-8,11H,9-10H2,1H3,(H,17,20). The van der Waals surface area contributed by atoms with E-state index in [1.54, 1.807) is 41.5 Å². The second kappa shape index (κ2) is 5.44. The number of rotatable bonds is 2. The number of carbonyl (C=O) groups is 2. The SMILES string of the molecule is CC1CN(C(=O)Cc2ccco2)c2ccccc2C(=O)N1. The number of benzene rings is 1. The summed E-state index contributed by atoms with van der Waals surface area (Å²) in [6, 6.07) is 10.6. The van der Waals surface area contributed by atoms with Gasteiger partial charge in [-0.25, -0.2) is 0 Å². The van der Waals surface area contributed by atoms with Crippen molar-refractivity contribution in [2.45, 2.75) is 19.4 Å². The van der Waals surface area contributed by atoms with Gasteiger partial charge in [-0.2, -0.15) is 0 Å². The highest BCUT2D eigenvalue weighted by atomic mass is 16.3. The minimum absolute atomic E-state index is 0.0826. The Bertz CT molecular complexity index is 664. The van der Waals surface area contributed by atoms with Gasteiger partial charge in [0.1, 0.15) is 5.76 Å². The molecular formula is C16H16N2O3. The molecule has 1 aromatic heterocycles. The summed E-state index contributed by atoms with van der Waals surface area (Å²) in [5, 5.41) is 2.89. The average Bonchev–Trinajstić information content (AvgIpc) is 2.93. The zero-order valence-corrected chi connectivity index (χ0v) is 11.7. The highest BCUT2D eigenvalue weighted by Crippen LogP contribution is 2.24. The Morgan fingerprint density at radius 2 is 2.14 bits per heavy atom. The molecule has 108 valence electrons. The van der Waals surface area contributed by atoms with Crippen molar-refractivity contribution in [1.29, 1.82) is 0 Å². The number of hydrogen-bond acceptors (Lipinski definition) is 3. The van der Waals surface area contributed by atoms with Crippen molar-refractivity contribution in [2.75, 3.05) is 11.4 Å². The predicted octanol–water partition coefficient (Wildman–Crippen LogP) is 1.99. The summed E-state index contributed by atoms with van der Waals surface area (Å²) in [6.07, 6.45) is 1.73. The monoisotopic (exact) mass is 284 g/mol. The van der Waals surface area contributed by atoms with Crippen molar-refractivity contribution in [1.82, 2.24) is 5.32 Å². The summed E-state index contributed by atoms with van der Waals surface area (Å²) in [7, 11) is 0. The number of fused-ring (bicyclic) bond motifs is 1. The quantitative estimate of drug-likeness (QED) is 0.917. The Hall–Kier alpha value is -2.56. The fourth-order valence-electron chi connectivity index (χ4n) is 2.51. The molecule has 1 aliphatic rings. The van der Waals surface area contributed by atoms with E-state index in [9.17, 15) is 9.59 Å². The lowest BCUT2D eigenvalue weighted by Gasteiger charge is -2.23. The first-order chi connectivity index (χ1) is 10.1. The van der Waals surface area contributed by atoms with Crippen LogP contribution in [0.25, 0.3) is 0 Å². The van der Waals surface area contributed by atoms with E-state index in [2.05, 4.69) is 5.32 Å². The molecule has 2 aromatic rings. The van der Waals surface area contributed by atoms with Crippen molar-refractivity contribution in [3.8, 4) is 0 Å². The summed E-state index contributed by atoms with van der Waals surface area (Å²) < 4.78 is 5.23. The van der Waals surface area contributed by atoms with Crippen molar-refractivity contribution >= 4 is 17.5 Å². The molecule has 0 spiro atoms. The maximum atomic E-state index is 12.6. The van der Waals surface area contributed by atoms with E-state index < -0.39 is 0 Å². The van der Waals surface area contributed by atoms with Crippen LogP contribution in [-0.2, 0) is 11.2 Å². The van der Waals surface area contributed by atoms with E-state index >= 15 is 0 Å². The Morgan fingerprint density at radius 3 is 2.90 bits per heavy atom. The van der Waals surface area contributed by atoms with Gasteiger partial charge in [-0.3, -0.25) is 9.59 Å². The third-order valence-corrected chi connectivity index (χ3v) is 3.48. The van der Waals surface area contributed by atoms with Gasteiger partial charge in [0, 0.05) is 12.6 Å². The summed E-state index contributed by atoms with van der Waals surface area (Å²) in [6.45, 7) is 2.33. The van der Waals surface area contributed by atoms with Crippen LogP contribution in [0.3, 0.4) is 0 Å². The van der Waals surface area contributed by atoms with Gasteiger partial charge in [-0.15, -0.1) is 0 Å². The van der Waals surface area contributed by atoms with Crippen molar-refractivity contribution < 1.29 is 14.0 Å². The number of anilines is 1. The molecular weight excluding hydrogens is 268 g/mol. The second-order valence-corrected chi connectivity index (χ2v) is 5.15. The summed E-state index contributed by atoms with van der Waals surface area (Å²) in [5.74, 6) is 0.390. The molecule has 0 aliphatic carbocycles. The number of nitrogens with one attached hydrogen (secondary N) is 1. The molecule has 5 heteroatoms. The number of carbonyl (C=O) groups excluding carboxylic acids is 2. The van der Waals surface area contributed by atoms with Gasteiger partial charge >= 0.3 is 0 Å². The van der Waals surface area contributed by atoms with Crippen LogP contribution in [0.15, 0.2) is 47.1 Å². The van der Waals surface area contributed by atoms with Crippen LogP contribution in [0.2, 0.25) is 0 Å². The first kappa shape index (κ1) is 13.4. The molecule has 1 N–H and O–H groups in total. The molecule has 3 rings (SSSR count). The van der Waals surface area contributed by atoms with E-state index in [1.807, 2.05) is 13.0 Å². The lowest BCUT2D eigenvalue weighted by atomic mass is 10.1. The van der Waals surface area contributed by atoms with Gasteiger partial charge in [0.2, 0.25) is 5.91 Å². The molecule has 1 aromatic carbocycles. The third-order valence-electron chi connectivity index (χ3n) is 3.48. The van der Waals surface area contributed by atoms with E-state index in [-0.39, 0.29) is 24.3 Å². The van der Waals surface area contributed by atoms with Crippen molar-refractivity contribution in [2.24, 2.45) is 0 Å². The number of para-hydroxylation sites is 1.